The topological polar surface area (TPSA) is 57.7 Å². The number of sulfone groups is 1. The van der Waals surface area contributed by atoms with Crippen LogP contribution in [0.5, 0.6) is 0 Å². The Morgan fingerprint density at radius 2 is 2.12 bits per heavy atom. The van der Waals surface area contributed by atoms with Crippen molar-refractivity contribution in [2.24, 2.45) is 0 Å². The molecule has 0 aromatic heterocycles. The van der Waals surface area contributed by atoms with Gasteiger partial charge in [0.15, 0.2) is 9.84 Å². The normalized spacial score (nSPS) is 22.4. The fraction of sp³-hybridized carbons (Fsp3) is 0.909. The molecule has 1 fully saturated rings. The Morgan fingerprint density at radius 3 is 2.65 bits per heavy atom. The molecule has 0 saturated carbocycles. The number of rotatable bonds is 4. The average molecular weight is 262 g/mol. The lowest BCUT2D eigenvalue weighted by Crippen LogP contribution is -2.46. The zero-order valence-corrected chi connectivity index (χ0v) is 11.7. The van der Waals surface area contributed by atoms with Gasteiger partial charge in [-0.2, -0.15) is 0 Å². The van der Waals surface area contributed by atoms with Crippen LogP contribution < -0.4 is 0 Å². The highest BCUT2D eigenvalue weighted by molar-refractivity contribution is 7.91. The largest absolute Gasteiger partial charge is 0.345 e. The van der Waals surface area contributed by atoms with Crippen molar-refractivity contribution in [2.75, 3.05) is 39.5 Å². The SMILES string of the molecule is CCN(C)C(=O)CN1CCCC(S(C)(=O)=O)C1. The fourth-order valence-corrected chi connectivity index (χ4v) is 3.07. The summed E-state index contributed by atoms with van der Waals surface area (Å²) >= 11 is 0. The first-order chi connectivity index (χ1) is 7.84. The van der Waals surface area contributed by atoms with Gasteiger partial charge in [-0.25, -0.2) is 8.42 Å². The minimum atomic E-state index is -2.99. The molecule has 5 nitrogen and oxygen atoms in total. The standard InChI is InChI=1S/C11H22N2O3S/c1-4-12(2)11(14)9-13-7-5-6-10(8-13)17(3,15)16/h10H,4-9H2,1-3H3. The van der Waals surface area contributed by atoms with Gasteiger partial charge in [-0.15, -0.1) is 0 Å². The van der Waals surface area contributed by atoms with E-state index in [4.69, 9.17) is 0 Å². The summed E-state index contributed by atoms with van der Waals surface area (Å²) in [6, 6.07) is 0. The molecule has 1 saturated heterocycles. The molecular weight excluding hydrogens is 240 g/mol. The monoisotopic (exact) mass is 262 g/mol. The van der Waals surface area contributed by atoms with Crippen LogP contribution in [0.25, 0.3) is 0 Å². The molecule has 1 atom stereocenters. The highest BCUT2D eigenvalue weighted by Crippen LogP contribution is 2.16. The lowest BCUT2D eigenvalue weighted by atomic mass is 10.1. The molecule has 0 aromatic rings. The molecule has 17 heavy (non-hydrogen) atoms. The van der Waals surface area contributed by atoms with Crippen molar-refractivity contribution < 1.29 is 13.2 Å². The average Bonchev–Trinajstić information content (AvgIpc) is 2.27. The lowest BCUT2D eigenvalue weighted by molar-refractivity contribution is -0.131. The van der Waals surface area contributed by atoms with Gasteiger partial charge in [-0.1, -0.05) is 0 Å². The number of likely N-dealkylation sites (N-methyl/N-ethyl adjacent to an activating group) is 1. The van der Waals surface area contributed by atoms with Crippen LogP contribution in [0.4, 0.5) is 0 Å². The summed E-state index contributed by atoms with van der Waals surface area (Å²) in [7, 11) is -1.22. The van der Waals surface area contributed by atoms with Gasteiger partial charge < -0.3 is 4.90 Å². The molecule has 1 amide bonds. The van der Waals surface area contributed by atoms with Crippen LogP contribution in [-0.2, 0) is 14.6 Å². The Balaban J connectivity index is 2.53. The third-order valence-corrected chi connectivity index (χ3v) is 4.92. The molecule has 0 radical (unpaired) electrons. The first-order valence-electron chi connectivity index (χ1n) is 5.99. The highest BCUT2D eigenvalue weighted by Gasteiger charge is 2.28. The maximum Gasteiger partial charge on any atom is 0.236 e. The van der Waals surface area contributed by atoms with Crippen molar-refractivity contribution in [2.45, 2.75) is 25.0 Å². The van der Waals surface area contributed by atoms with E-state index in [1.165, 1.54) is 6.26 Å². The first-order valence-corrected chi connectivity index (χ1v) is 7.95. The molecule has 1 aliphatic rings. The van der Waals surface area contributed by atoms with Gasteiger partial charge in [0.2, 0.25) is 5.91 Å². The van der Waals surface area contributed by atoms with E-state index in [1.54, 1.807) is 11.9 Å². The molecule has 1 rings (SSSR count). The molecule has 0 spiro atoms. The van der Waals surface area contributed by atoms with Crippen LogP contribution in [0.2, 0.25) is 0 Å². The van der Waals surface area contributed by atoms with E-state index in [-0.39, 0.29) is 11.2 Å². The second-order valence-corrected chi connectivity index (χ2v) is 7.06. The van der Waals surface area contributed by atoms with E-state index in [9.17, 15) is 13.2 Å². The van der Waals surface area contributed by atoms with Crippen molar-refractivity contribution in [1.29, 1.82) is 0 Å². The number of hydrogen-bond donors (Lipinski definition) is 0. The Kier molecular flexibility index (Phi) is 4.94. The zero-order valence-electron chi connectivity index (χ0n) is 10.8. The Morgan fingerprint density at radius 1 is 1.47 bits per heavy atom. The van der Waals surface area contributed by atoms with E-state index in [1.807, 2.05) is 11.8 Å². The molecule has 1 aliphatic heterocycles. The molecule has 0 bridgehead atoms. The smallest absolute Gasteiger partial charge is 0.236 e. The molecule has 1 unspecified atom stereocenters. The summed E-state index contributed by atoms with van der Waals surface area (Å²) in [6.45, 7) is 4.24. The predicted molar refractivity (Wildman–Crippen MR) is 67.6 cm³/mol. The van der Waals surface area contributed by atoms with Gasteiger partial charge in [0.1, 0.15) is 0 Å². The quantitative estimate of drug-likeness (QED) is 0.714. The third-order valence-electron chi connectivity index (χ3n) is 3.33. The molecule has 1 heterocycles. The van der Waals surface area contributed by atoms with E-state index in [0.29, 0.717) is 26.1 Å². The maximum absolute atomic E-state index is 11.7. The van der Waals surface area contributed by atoms with Gasteiger partial charge in [-0.3, -0.25) is 9.69 Å². The van der Waals surface area contributed by atoms with E-state index < -0.39 is 9.84 Å². The minimum Gasteiger partial charge on any atom is -0.345 e. The van der Waals surface area contributed by atoms with Crippen LogP contribution >= 0.6 is 0 Å². The van der Waals surface area contributed by atoms with Gasteiger partial charge in [0.05, 0.1) is 11.8 Å². The Hall–Kier alpha value is -0.620. The van der Waals surface area contributed by atoms with Crippen molar-refractivity contribution in [3.63, 3.8) is 0 Å². The van der Waals surface area contributed by atoms with Crippen molar-refractivity contribution in [3.05, 3.63) is 0 Å². The number of hydrogen-bond acceptors (Lipinski definition) is 4. The van der Waals surface area contributed by atoms with Gasteiger partial charge >= 0.3 is 0 Å². The summed E-state index contributed by atoms with van der Waals surface area (Å²) in [6.07, 6.45) is 2.84. The number of amides is 1. The van der Waals surface area contributed by atoms with Crippen molar-refractivity contribution >= 4 is 15.7 Å². The summed E-state index contributed by atoms with van der Waals surface area (Å²) < 4.78 is 23.0. The summed E-state index contributed by atoms with van der Waals surface area (Å²) in [4.78, 5) is 15.3. The molecule has 0 aromatic carbocycles. The Bertz CT molecular complexity index is 367. The summed E-state index contributed by atoms with van der Waals surface area (Å²) in [5.74, 6) is 0.0571. The second-order valence-electron chi connectivity index (χ2n) is 4.74. The Labute approximate surface area is 104 Å². The molecular formula is C11H22N2O3S. The molecule has 0 aliphatic carbocycles. The summed E-state index contributed by atoms with van der Waals surface area (Å²) in [5.41, 5.74) is 0. The number of carbonyl (C=O) groups excluding carboxylic acids is 1. The predicted octanol–water partition coefficient (Wildman–Crippen LogP) is -0.0263. The highest BCUT2D eigenvalue weighted by atomic mass is 32.2. The number of likely N-dealkylation sites (tertiary alicyclic amines) is 1. The van der Waals surface area contributed by atoms with Crippen LogP contribution in [0.1, 0.15) is 19.8 Å². The van der Waals surface area contributed by atoms with Crippen LogP contribution in [0, 0.1) is 0 Å². The van der Waals surface area contributed by atoms with E-state index in [2.05, 4.69) is 0 Å². The molecule has 0 N–H and O–H groups in total. The molecule has 100 valence electrons. The molecule has 6 heteroatoms. The van der Waals surface area contributed by atoms with Crippen LogP contribution in [0.15, 0.2) is 0 Å². The first kappa shape index (κ1) is 14.4. The fourth-order valence-electron chi connectivity index (χ4n) is 1.99. The zero-order chi connectivity index (χ0) is 13.1. The minimum absolute atomic E-state index is 0.0571. The van der Waals surface area contributed by atoms with Gasteiger partial charge in [0.25, 0.3) is 0 Å². The maximum atomic E-state index is 11.7. The van der Waals surface area contributed by atoms with Gasteiger partial charge in [-0.05, 0) is 26.3 Å². The number of carbonyl (C=O) groups is 1. The number of piperidine rings is 1. The summed E-state index contributed by atoms with van der Waals surface area (Å²) in [5, 5.41) is -0.309. The van der Waals surface area contributed by atoms with Gasteiger partial charge in [0, 0.05) is 26.4 Å². The number of nitrogens with zero attached hydrogens (tertiary/aromatic N) is 2. The van der Waals surface area contributed by atoms with E-state index in [0.717, 1.165) is 13.0 Å². The van der Waals surface area contributed by atoms with Crippen molar-refractivity contribution in [3.8, 4) is 0 Å². The third kappa shape index (κ3) is 4.27. The van der Waals surface area contributed by atoms with Crippen LogP contribution in [0.3, 0.4) is 0 Å². The van der Waals surface area contributed by atoms with Crippen LogP contribution in [-0.4, -0.2) is 68.9 Å². The van der Waals surface area contributed by atoms with E-state index >= 15 is 0 Å². The van der Waals surface area contributed by atoms with Crippen molar-refractivity contribution in [1.82, 2.24) is 9.80 Å². The second kappa shape index (κ2) is 5.82. The lowest BCUT2D eigenvalue weighted by Gasteiger charge is -2.32.